The molecule has 1 aromatic carbocycles. The number of carbonyl (C=O) groups is 1. The summed E-state index contributed by atoms with van der Waals surface area (Å²) >= 11 is 5.84. The van der Waals surface area contributed by atoms with Gasteiger partial charge in [0.05, 0.1) is 0 Å². The van der Waals surface area contributed by atoms with Crippen LogP contribution in [-0.2, 0) is 4.79 Å². The van der Waals surface area contributed by atoms with Crippen molar-refractivity contribution in [3.05, 3.63) is 28.8 Å². The molecule has 0 aliphatic heterocycles. The van der Waals surface area contributed by atoms with Crippen molar-refractivity contribution in [3.8, 4) is 5.75 Å². The van der Waals surface area contributed by atoms with E-state index in [1.807, 2.05) is 20.9 Å². The van der Waals surface area contributed by atoms with E-state index in [4.69, 9.17) is 16.3 Å². The molecular formula is C13H20Cl2N2O2. The topological polar surface area (TPSA) is 50.4 Å². The Hall–Kier alpha value is -0.970. The Morgan fingerprint density at radius 3 is 2.74 bits per heavy atom. The molecule has 0 spiro atoms. The molecule has 0 aliphatic rings. The van der Waals surface area contributed by atoms with Crippen molar-refractivity contribution in [2.75, 3.05) is 20.2 Å². The molecule has 2 N–H and O–H groups in total. The van der Waals surface area contributed by atoms with Gasteiger partial charge in [-0.3, -0.25) is 4.79 Å². The number of hydrogen-bond acceptors (Lipinski definition) is 3. The van der Waals surface area contributed by atoms with E-state index in [-0.39, 0.29) is 31.0 Å². The maximum absolute atomic E-state index is 11.5. The van der Waals surface area contributed by atoms with Crippen LogP contribution < -0.4 is 15.4 Å². The van der Waals surface area contributed by atoms with Crippen LogP contribution in [0, 0.1) is 6.92 Å². The number of carbonyl (C=O) groups excluding carboxylic acids is 1. The van der Waals surface area contributed by atoms with Gasteiger partial charge in [-0.15, -0.1) is 12.4 Å². The second-order valence-electron chi connectivity index (χ2n) is 4.19. The Kier molecular flexibility index (Phi) is 8.56. The standard InChI is InChI=1S/C13H19ClN2O2.ClH/c1-9-6-11(14)4-5-12(9)18-8-13(17)16-7-10(2)15-3;/h4-6,10,15H,7-8H2,1-3H3,(H,16,17);1H. The smallest absolute Gasteiger partial charge is 0.257 e. The van der Waals surface area contributed by atoms with Crippen molar-refractivity contribution in [3.63, 3.8) is 0 Å². The van der Waals surface area contributed by atoms with Crippen LogP contribution in [0.4, 0.5) is 0 Å². The molecule has 1 rings (SSSR count). The summed E-state index contributed by atoms with van der Waals surface area (Å²) in [6.07, 6.45) is 0. The van der Waals surface area contributed by atoms with Gasteiger partial charge >= 0.3 is 0 Å². The fourth-order valence-electron chi connectivity index (χ4n) is 1.34. The molecule has 0 aromatic heterocycles. The number of amides is 1. The van der Waals surface area contributed by atoms with Crippen molar-refractivity contribution in [2.45, 2.75) is 19.9 Å². The number of hydrogen-bond donors (Lipinski definition) is 2. The van der Waals surface area contributed by atoms with Crippen LogP contribution in [-0.4, -0.2) is 32.1 Å². The third-order valence-corrected chi connectivity index (χ3v) is 2.83. The zero-order valence-electron chi connectivity index (χ0n) is 11.3. The monoisotopic (exact) mass is 306 g/mol. The SMILES string of the molecule is CNC(C)CNC(=O)COc1ccc(Cl)cc1C.Cl. The van der Waals surface area contributed by atoms with Gasteiger partial charge < -0.3 is 15.4 Å². The molecule has 0 saturated heterocycles. The van der Waals surface area contributed by atoms with E-state index < -0.39 is 0 Å². The molecule has 108 valence electrons. The molecule has 0 fully saturated rings. The van der Waals surface area contributed by atoms with Gasteiger partial charge in [0.1, 0.15) is 5.75 Å². The van der Waals surface area contributed by atoms with Crippen LogP contribution in [0.15, 0.2) is 18.2 Å². The van der Waals surface area contributed by atoms with Crippen LogP contribution in [0.3, 0.4) is 0 Å². The minimum absolute atomic E-state index is 0. The number of likely N-dealkylation sites (N-methyl/N-ethyl adjacent to an activating group) is 1. The Balaban J connectivity index is 0.00000324. The van der Waals surface area contributed by atoms with Crippen molar-refractivity contribution < 1.29 is 9.53 Å². The Labute approximate surface area is 125 Å². The first-order chi connectivity index (χ1) is 8.52. The molecule has 1 unspecified atom stereocenters. The van der Waals surface area contributed by atoms with E-state index in [1.165, 1.54) is 0 Å². The third kappa shape index (κ3) is 6.66. The minimum Gasteiger partial charge on any atom is -0.484 e. The summed E-state index contributed by atoms with van der Waals surface area (Å²) in [5.74, 6) is 0.544. The molecular weight excluding hydrogens is 287 g/mol. The van der Waals surface area contributed by atoms with E-state index in [9.17, 15) is 4.79 Å². The lowest BCUT2D eigenvalue weighted by molar-refractivity contribution is -0.123. The molecule has 19 heavy (non-hydrogen) atoms. The van der Waals surface area contributed by atoms with Gasteiger partial charge in [0.25, 0.3) is 5.91 Å². The lowest BCUT2D eigenvalue weighted by atomic mass is 10.2. The van der Waals surface area contributed by atoms with Crippen molar-refractivity contribution in [1.82, 2.24) is 10.6 Å². The van der Waals surface area contributed by atoms with Crippen LogP contribution >= 0.6 is 24.0 Å². The maximum Gasteiger partial charge on any atom is 0.257 e. The highest BCUT2D eigenvalue weighted by Crippen LogP contribution is 2.21. The number of halogens is 2. The predicted molar refractivity (Wildman–Crippen MR) is 80.5 cm³/mol. The predicted octanol–water partition coefficient (Wildman–Crippen LogP) is 2.17. The number of ether oxygens (including phenoxy) is 1. The first kappa shape index (κ1) is 18.0. The van der Waals surface area contributed by atoms with E-state index >= 15 is 0 Å². The highest BCUT2D eigenvalue weighted by Gasteiger charge is 2.06. The second kappa shape index (κ2) is 9.02. The lowest BCUT2D eigenvalue weighted by Crippen LogP contribution is -2.39. The fourth-order valence-corrected chi connectivity index (χ4v) is 1.56. The number of nitrogens with one attached hydrogen (secondary N) is 2. The summed E-state index contributed by atoms with van der Waals surface area (Å²) < 4.78 is 5.43. The van der Waals surface area contributed by atoms with E-state index in [0.29, 0.717) is 17.3 Å². The summed E-state index contributed by atoms with van der Waals surface area (Å²) in [4.78, 5) is 11.5. The van der Waals surface area contributed by atoms with Gasteiger partial charge in [-0.25, -0.2) is 0 Å². The molecule has 1 amide bonds. The summed E-state index contributed by atoms with van der Waals surface area (Å²) in [6.45, 7) is 4.48. The van der Waals surface area contributed by atoms with E-state index in [0.717, 1.165) is 5.56 Å². The summed E-state index contributed by atoms with van der Waals surface area (Å²) in [5, 5.41) is 6.48. The summed E-state index contributed by atoms with van der Waals surface area (Å²) in [6, 6.07) is 5.55. The van der Waals surface area contributed by atoms with Gasteiger partial charge in [0.2, 0.25) is 0 Å². The number of rotatable bonds is 6. The van der Waals surface area contributed by atoms with Crippen LogP contribution in [0.5, 0.6) is 5.75 Å². The fraction of sp³-hybridized carbons (Fsp3) is 0.462. The lowest BCUT2D eigenvalue weighted by Gasteiger charge is -2.12. The molecule has 0 saturated carbocycles. The quantitative estimate of drug-likeness (QED) is 0.847. The van der Waals surface area contributed by atoms with E-state index in [2.05, 4.69) is 10.6 Å². The number of aryl methyl sites for hydroxylation is 1. The Bertz CT molecular complexity index is 414. The summed E-state index contributed by atoms with van der Waals surface area (Å²) in [7, 11) is 1.85. The molecule has 6 heteroatoms. The first-order valence-electron chi connectivity index (χ1n) is 5.86. The minimum atomic E-state index is -0.133. The van der Waals surface area contributed by atoms with Gasteiger partial charge in [-0.05, 0) is 44.7 Å². The van der Waals surface area contributed by atoms with Gasteiger partial charge in [-0.1, -0.05) is 11.6 Å². The molecule has 1 atom stereocenters. The maximum atomic E-state index is 11.5. The van der Waals surface area contributed by atoms with Gasteiger partial charge in [-0.2, -0.15) is 0 Å². The first-order valence-corrected chi connectivity index (χ1v) is 6.23. The average Bonchev–Trinajstić information content (AvgIpc) is 2.34. The Morgan fingerprint density at radius 1 is 1.47 bits per heavy atom. The van der Waals surface area contributed by atoms with Crippen LogP contribution in [0.25, 0.3) is 0 Å². The zero-order valence-corrected chi connectivity index (χ0v) is 12.9. The second-order valence-corrected chi connectivity index (χ2v) is 4.63. The molecule has 0 heterocycles. The average molecular weight is 307 g/mol. The largest absolute Gasteiger partial charge is 0.484 e. The van der Waals surface area contributed by atoms with Gasteiger partial charge in [0.15, 0.2) is 6.61 Å². The highest BCUT2D eigenvalue weighted by atomic mass is 35.5. The summed E-state index contributed by atoms with van der Waals surface area (Å²) in [5.41, 5.74) is 0.916. The zero-order chi connectivity index (χ0) is 13.5. The van der Waals surface area contributed by atoms with Gasteiger partial charge in [0, 0.05) is 17.6 Å². The highest BCUT2D eigenvalue weighted by molar-refractivity contribution is 6.30. The Morgan fingerprint density at radius 2 is 2.16 bits per heavy atom. The van der Waals surface area contributed by atoms with E-state index in [1.54, 1.807) is 18.2 Å². The molecule has 0 bridgehead atoms. The van der Waals surface area contributed by atoms with Crippen molar-refractivity contribution in [2.24, 2.45) is 0 Å². The normalized spacial score (nSPS) is 11.4. The molecule has 0 radical (unpaired) electrons. The van der Waals surface area contributed by atoms with Crippen LogP contribution in [0.2, 0.25) is 5.02 Å². The number of benzene rings is 1. The molecule has 1 aromatic rings. The van der Waals surface area contributed by atoms with Crippen molar-refractivity contribution >= 4 is 29.9 Å². The van der Waals surface area contributed by atoms with Crippen molar-refractivity contribution in [1.29, 1.82) is 0 Å². The third-order valence-electron chi connectivity index (χ3n) is 2.59. The molecule has 0 aliphatic carbocycles. The molecule has 4 nitrogen and oxygen atoms in total. The van der Waals surface area contributed by atoms with Crippen LogP contribution in [0.1, 0.15) is 12.5 Å².